The van der Waals surface area contributed by atoms with E-state index in [1.54, 1.807) is 7.05 Å². The molecule has 0 saturated carbocycles. The van der Waals surface area contributed by atoms with E-state index in [-0.39, 0.29) is 12.5 Å². The first-order chi connectivity index (χ1) is 8.33. The Morgan fingerprint density at radius 3 is 2.53 bits per heavy atom. The zero-order valence-electron chi connectivity index (χ0n) is 10.7. The SMILES string of the molecule is CNC(=O)COCCOCCN1CCCCC1. The monoisotopic (exact) mass is 244 g/mol. The Balaban J connectivity index is 1.82. The Hall–Kier alpha value is -0.650. The predicted octanol–water partition coefficient (Wildman–Crippen LogP) is 0.252. The van der Waals surface area contributed by atoms with E-state index in [9.17, 15) is 4.79 Å². The molecule has 17 heavy (non-hydrogen) atoms. The molecule has 5 nitrogen and oxygen atoms in total. The zero-order valence-corrected chi connectivity index (χ0v) is 10.7. The number of likely N-dealkylation sites (tertiary alicyclic amines) is 1. The Morgan fingerprint density at radius 2 is 1.82 bits per heavy atom. The summed E-state index contributed by atoms with van der Waals surface area (Å²) in [4.78, 5) is 13.3. The molecule has 100 valence electrons. The molecule has 0 radical (unpaired) electrons. The van der Waals surface area contributed by atoms with Gasteiger partial charge in [-0.25, -0.2) is 0 Å². The van der Waals surface area contributed by atoms with Crippen LogP contribution in [-0.2, 0) is 14.3 Å². The molecule has 0 aromatic carbocycles. The second-order valence-electron chi connectivity index (χ2n) is 4.24. The number of ether oxygens (including phenoxy) is 2. The van der Waals surface area contributed by atoms with Gasteiger partial charge in [0.05, 0.1) is 19.8 Å². The van der Waals surface area contributed by atoms with E-state index in [1.165, 1.54) is 32.4 Å². The van der Waals surface area contributed by atoms with Gasteiger partial charge < -0.3 is 19.7 Å². The van der Waals surface area contributed by atoms with Crippen LogP contribution in [0.15, 0.2) is 0 Å². The van der Waals surface area contributed by atoms with Gasteiger partial charge in [-0.05, 0) is 25.9 Å². The fourth-order valence-corrected chi connectivity index (χ4v) is 1.83. The maximum absolute atomic E-state index is 10.8. The first-order valence-electron chi connectivity index (χ1n) is 6.41. The first kappa shape index (κ1) is 14.4. The molecule has 1 heterocycles. The van der Waals surface area contributed by atoms with Crippen molar-refractivity contribution in [3.8, 4) is 0 Å². The van der Waals surface area contributed by atoms with Crippen LogP contribution in [0.3, 0.4) is 0 Å². The lowest BCUT2D eigenvalue weighted by atomic mass is 10.1. The molecule has 0 unspecified atom stereocenters. The number of rotatable bonds is 8. The van der Waals surface area contributed by atoms with E-state index >= 15 is 0 Å². The number of piperidine rings is 1. The topological polar surface area (TPSA) is 50.8 Å². The molecule has 1 aliphatic heterocycles. The van der Waals surface area contributed by atoms with Crippen molar-refractivity contribution in [1.82, 2.24) is 10.2 Å². The molecule has 1 N–H and O–H groups in total. The molecule has 0 aromatic heterocycles. The van der Waals surface area contributed by atoms with Crippen LogP contribution in [-0.4, -0.2) is 63.9 Å². The highest BCUT2D eigenvalue weighted by molar-refractivity contribution is 5.76. The largest absolute Gasteiger partial charge is 0.378 e. The van der Waals surface area contributed by atoms with Crippen LogP contribution in [0.5, 0.6) is 0 Å². The molecule has 1 amide bonds. The van der Waals surface area contributed by atoms with Crippen LogP contribution in [0.25, 0.3) is 0 Å². The van der Waals surface area contributed by atoms with Crippen molar-refractivity contribution in [2.24, 2.45) is 0 Å². The molecule has 0 atom stereocenters. The second-order valence-corrected chi connectivity index (χ2v) is 4.24. The van der Waals surface area contributed by atoms with Crippen LogP contribution in [0.1, 0.15) is 19.3 Å². The number of nitrogens with zero attached hydrogens (tertiary/aromatic N) is 1. The highest BCUT2D eigenvalue weighted by atomic mass is 16.5. The number of carbonyl (C=O) groups is 1. The molecule has 1 fully saturated rings. The van der Waals surface area contributed by atoms with E-state index in [2.05, 4.69) is 10.2 Å². The summed E-state index contributed by atoms with van der Waals surface area (Å²) >= 11 is 0. The average molecular weight is 244 g/mol. The van der Waals surface area contributed by atoms with E-state index in [0.717, 1.165) is 13.2 Å². The van der Waals surface area contributed by atoms with Crippen molar-refractivity contribution in [2.45, 2.75) is 19.3 Å². The standard InChI is InChI=1S/C12H24N2O3/c1-13-12(15)11-17-10-9-16-8-7-14-5-3-2-4-6-14/h2-11H2,1H3,(H,13,15). The van der Waals surface area contributed by atoms with Gasteiger partial charge >= 0.3 is 0 Å². The van der Waals surface area contributed by atoms with Gasteiger partial charge in [0.25, 0.3) is 0 Å². The van der Waals surface area contributed by atoms with Gasteiger partial charge in [-0.2, -0.15) is 0 Å². The number of carbonyl (C=O) groups excluding carboxylic acids is 1. The van der Waals surface area contributed by atoms with Crippen molar-refractivity contribution in [1.29, 1.82) is 0 Å². The maximum Gasteiger partial charge on any atom is 0.245 e. The molecule has 0 bridgehead atoms. The highest BCUT2D eigenvalue weighted by Crippen LogP contribution is 2.07. The predicted molar refractivity (Wildman–Crippen MR) is 66.0 cm³/mol. The van der Waals surface area contributed by atoms with Crippen molar-refractivity contribution < 1.29 is 14.3 Å². The van der Waals surface area contributed by atoms with Crippen LogP contribution < -0.4 is 5.32 Å². The maximum atomic E-state index is 10.8. The minimum atomic E-state index is -0.0988. The summed E-state index contributed by atoms with van der Waals surface area (Å²) in [6, 6.07) is 0. The number of nitrogens with one attached hydrogen (secondary N) is 1. The van der Waals surface area contributed by atoms with Gasteiger partial charge in [0, 0.05) is 13.6 Å². The third-order valence-electron chi connectivity index (χ3n) is 2.88. The van der Waals surface area contributed by atoms with E-state index in [1.807, 2.05) is 0 Å². The molecule has 0 spiro atoms. The summed E-state index contributed by atoms with van der Waals surface area (Å²) in [6.07, 6.45) is 4.00. The van der Waals surface area contributed by atoms with Gasteiger partial charge in [0.2, 0.25) is 5.91 Å². The van der Waals surface area contributed by atoms with Crippen molar-refractivity contribution in [3.63, 3.8) is 0 Å². The number of likely N-dealkylation sites (N-methyl/N-ethyl adjacent to an activating group) is 1. The van der Waals surface area contributed by atoms with Gasteiger partial charge in [-0.15, -0.1) is 0 Å². The van der Waals surface area contributed by atoms with Crippen LogP contribution in [0.4, 0.5) is 0 Å². The molecule has 0 aromatic rings. The van der Waals surface area contributed by atoms with Gasteiger partial charge in [0.1, 0.15) is 6.61 Å². The third-order valence-corrected chi connectivity index (χ3v) is 2.88. The lowest BCUT2D eigenvalue weighted by Gasteiger charge is -2.26. The van der Waals surface area contributed by atoms with Crippen LogP contribution >= 0.6 is 0 Å². The minimum Gasteiger partial charge on any atom is -0.378 e. The summed E-state index contributed by atoms with van der Waals surface area (Å²) in [5.74, 6) is -0.0988. The molecular formula is C12H24N2O3. The smallest absolute Gasteiger partial charge is 0.245 e. The number of hydrogen-bond acceptors (Lipinski definition) is 4. The van der Waals surface area contributed by atoms with E-state index < -0.39 is 0 Å². The highest BCUT2D eigenvalue weighted by Gasteiger charge is 2.08. The van der Waals surface area contributed by atoms with Crippen molar-refractivity contribution in [2.75, 3.05) is 53.1 Å². The fourth-order valence-electron chi connectivity index (χ4n) is 1.83. The summed E-state index contributed by atoms with van der Waals surface area (Å²) < 4.78 is 10.6. The van der Waals surface area contributed by atoms with Crippen LogP contribution in [0, 0.1) is 0 Å². The molecule has 0 aliphatic carbocycles. The molecule has 1 aliphatic rings. The Morgan fingerprint density at radius 1 is 1.12 bits per heavy atom. The molecule has 1 rings (SSSR count). The lowest BCUT2D eigenvalue weighted by molar-refractivity contribution is -0.125. The molecular weight excluding hydrogens is 220 g/mol. The summed E-state index contributed by atoms with van der Waals surface area (Å²) in [7, 11) is 1.60. The number of amides is 1. The fraction of sp³-hybridized carbons (Fsp3) is 0.917. The average Bonchev–Trinajstić information content (AvgIpc) is 2.38. The number of hydrogen-bond donors (Lipinski definition) is 1. The second kappa shape index (κ2) is 9.39. The lowest BCUT2D eigenvalue weighted by Crippen LogP contribution is -2.33. The molecule has 1 saturated heterocycles. The normalized spacial score (nSPS) is 17.0. The quantitative estimate of drug-likeness (QED) is 0.622. The summed E-state index contributed by atoms with van der Waals surface area (Å²) in [6.45, 7) is 5.33. The van der Waals surface area contributed by atoms with E-state index in [0.29, 0.717) is 13.2 Å². The van der Waals surface area contributed by atoms with Gasteiger partial charge in [-0.3, -0.25) is 4.79 Å². The van der Waals surface area contributed by atoms with Crippen molar-refractivity contribution in [3.05, 3.63) is 0 Å². The Bertz CT molecular complexity index is 206. The first-order valence-corrected chi connectivity index (χ1v) is 6.41. The Labute approximate surface area is 103 Å². The van der Waals surface area contributed by atoms with Crippen molar-refractivity contribution >= 4 is 5.91 Å². The van der Waals surface area contributed by atoms with Gasteiger partial charge in [-0.1, -0.05) is 6.42 Å². The summed E-state index contributed by atoms with van der Waals surface area (Å²) in [5, 5.41) is 2.50. The minimum absolute atomic E-state index is 0.0988. The van der Waals surface area contributed by atoms with E-state index in [4.69, 9.17) is 9.47 Å². The van der Waals surface area contributed by atoms with Gasteiger partial charge in [0.15, 0.2) is 0 Å². The third kappa shape index (κ3) is 7.31. The zero-order chi connectivity index (χ0) is 12.3. The molecule has 5 heteroatoms. The Kier molecular flexibility index (Phi) is 7.96. The summed E-state index contributed by atoms with van der Waals surface area (Å²) in [5.41, 5.74) is 0. The van der Waals surface area contributed by atoms with Crippen LogP contribution in [0.2, 0.25) is 0 Å².